The third-order valence-electron chi connectivity index (χ3n) is 5.13. The normalized spacial score (nSPS) is 32.8. The molecule has 0 aromatic rings. The standard InChI is InChI=1S/C15H20O10/c16-11(17)10(1-7-4-23-7)15(22,13(20)21)14(12(18)19,2-8-5-24-8)3-9-6-25-9/h7-10,22H,1-6H2,(H,16,17)(H,18,19)(H,20,21). The third kappa shape index (κ3) is 3.34. The zero-order chi connectivity index (χ0) is 18.4. The summed E-state index contributed by atoms with van der Waals surface area (Å²) < 4.78 is 15.0. The van der Waals surface area contributed by atoms with E-state index >= 15 is 0 Å². The summed E-state index contributed by atoms with van der Waals surface area (Å²) in [5.74, 6) is -6.89. The van der Waals surface area contributed by atoms with E-state index in [1.165, 1.54) is 0 Å². The van der Waals surface area contributed by atoms with Crippen LogP contribution >= 0.6 is 0 Å². The summed E-state index contributed by atoms with van der Waals surface area (Å²) in [6.07, 6.45) is -2.47. The SMILES string of the molecule is O=C(O)C(CC1CO1)C(O)(C(=O)O)C(CC1CO1)(CC1CO1)C(=O)O. The molecule has 10 nitrogen and oxygen atoms in total. The first-order valence-electron chi connectivity index (χ1n) is 7.97. The first kappa shape index (κ1) is 18.1. The van der Waals surface area contributed by atoms with Crippen LogP contribution in [0.25, 0.3) is 0 Å². The van der Waals surface area contributed by atoms with Crippen LogP contribution in [-0.2, 0) is 28.6 Å². The molecule has 3 aliphatic heterocycles. The van der Waals surface area contributed by atoms with Gasteiger partial charge in [-0.1, -0.05) is 0 Å². The molecule has 5 atom stereocenters. The number of carboxylic acids is 3. The molecule has 5 unspecified atom stereocenters. The van der Waals surface area contributed by atoms with Crippen LogP contribution in [0.1, 0.15) is 19.3 Å². The number of aliphatic hydroxyl groups is 1. The van der Waals surface area contributed by atoms with Crippen LogP contribution in [-0.4, -0.2) is 82.1 Å². The van der Waals surface area contributed by atoms with Crippen molar-refractivity contribution in [1.29, 1.82) is 0 Å². The quantitative estimate of drug-likeness (QED) is 0.333. The lowest BCUT2D eigenvalue weighted by Crippen LogP contribution is -2.65. The highest BCUT2D eigenvalue weighted by Crippen LogP contribution is 2.50. The van der Waals surface area contributed by atoms with Crippen LogP contribution in [0.5, 0.6) is 0 Å². The predicted octanol–water partition coefficient (Wildman–Crippen LogP) is -1.06. The topological polar surface area (TPSA) is 170 Å². The molecule has 10 heteroatoms. The Morgan fingerprint density at radius 3 is 1.60 bits per heavy atom. The number of hydrogen-bond acceptors (Lipinski definition) is 7. The maximum Gasteiger partial charge on any atom is 0.337 e. The molecule has 140 valence electrons. The Bertz CT molecular complexity index is 563. The number of aliphatic carboxylic acids is 3. The Hall–Kier alpha value is -1.75. The van der Waals surface area contributed by atoms with Crippen molar-refractivity contribution in [2.75, 3.05) is 19.8 Å². The molecule has 0 bridgehead atoms. The van der Waals surface area contributed by atoms with Gasteiger partial charge in [-0.05, 0) is 19.3 Å². The van der Waals surface area contributed by atoms with Crippen LogP contribution < -0.4 is 0 Å². The largest absolute Gasteiger partial charge is 0.481 e. The number of epoxide rings is 3. The first-order valence-corrected chi connectivity index (χ1v) is 7.97. The molecule has 25 heavy (non-hydrogen) atoms. The Kier molecular flexibility index (Phi) is 4.48. The van der Waals surface area contributed by atoms with Crippen molar-refractivity contribution in [2.24, 2.45) is 11.3 Å². The van der Waals surface area contributed by atoms with E-state index in [0.29, 0.717) is 0 Å². The molecule has 3 saturated heterocycles. The summed E-state index contributed by atoms with van der Waals surface area (Å²) in [6, 6.07) is 0. The van der Waals surface area contributed by atoms with Crippen molar-refractivity contribution in [3.05, 3.63) is 0 Å². The fraction of sp³-hybridized carbons (Fsp3) is 0.800. The van der Waals surface area contributed by atoms with Crippen molar-refractivity contribution in [2.45, 2.75) is 43.2 Å². The lowest BCUT2D eigenvalue weighted by Gasteiger charge is -2.44. The molecule has 0 aromatic carbocycles. The Morgan fingerprint density at radius 1 is 0.880 bits per heavy atom. The van der Waals surface area contributed by atoms with Gasteiger partial charge in [-0.25, -0.2) is 4.79 Å². The van der Waals surface area contributed by atoms with Crippen molar-refractivity contribution in [3.63, 3.8) is 0 Å². The Morgan fingerprint density at radius 2 is 1.32 bits per heavy atom. The first-order chi connectivity index (χ1) is 11.7. The van der Waals surface area contributed by atoms with Gasteiger partial charge >= 0.3 is 17.9 Å². The van der Waals surface area contributed by atoms with Crippen molar-refractivity contribution >= 4 is 17.9 Å². The molecule has 0 saturated carbocycles. The molecule has 3 aliphatic rings. The summed E-state index contributed by atoms with van der Waals surface area (Å²) >= 11 is 0. The van der Waals surface area contributed by atoms with Gasteiger partial charge in [0.2, 0.25) is 0 Å². The molecule has 0 aromatic heterocycles. The van der Waals surface area contributed by atoms with Crippen LogP contribution in [0.4, 0.5) is 0 Å². The molecule has 0 amide bonds. The highest BCUT2D eigenvalue weighted by atomic mass is 16.6. The number of carboxylic acid groups (broad SMARTS) is 3. The van der Waals surface area contributed by atoms with Crippen molar-refractivity contribution in [1.82, 2.24) is 0 Å². The van der Waals surface area contributed by atoms with E-state index < -0.39 is 53.2 Å². The fourth-order valence-electron chi connectivity index (χ4n) is 3.49. The maximum absolute atomic E-state index is 12.2. The summed E-state index contributed by atoms with van der Waals surface area (Å²) in [5, 5.41) is 40.3. The molecule has 3 rings (SSSR count). The molecule has 0 radical (unpaired) electrons. The zero-order valence-corrected chi connectivity index (χ0v) is 13.3. The summed E-state index contributed by atoms with van der Waals surface area (Å²) in [4.78, 5) is 35.9. The van der Waals surface area contributed by atoms with Crippen molar-refractivity contribution in [3.8, 4) is 0 Å². The number of rotatable bonds is 11. The molecule has 0 aliphatic carbocycles. The summed E-state index contributed by atoms with van der Waals surface area (Å²) in [6.45, 7) is 0.719. The predicted molar refractivity (Wildman–Crippen MR) is 76.9 cm³/mol. The molecule has 3 fully saturated rings. The lowest BCUT2D eigenvalue weighted by atomic mass is 9.60. The molecule has 3 heterocycles. The highest BCUT2D eigenvalue weighted by molar-refractivity contribution is 5.93. The minimum absolute atomic E-state index is 0.236. The minimum atomic E-state index is -3.03. The number of ether oxygens (including phenoxy) is 3. The van der Waals surface area contributed by atoms with E-state index in [1.54, 1.807) is 0 Å². The van der Waals surface area contributed by atoms with Gasteiger partial charge in [0.25, 0.3) is 0 Å². The number of carbonyl (C=O) groups is 3. The van der Waals surface area contributed by atoms with Gasteiger partial charge in [0.15, 0.2) is 5.60 Å². The van der Waals surface area contributed by atoms with Gasteiger partial charge in [-0.3, -0.25) is 9.59 Å². The Labute approximate surface area is 142 Å². The van der Waals surface area contributed by atoms with Gasteiger partial charge < -0.3 is 34.6 Å². The highest BCUT2D eigenvalue weighted by Gasteiger charge is 2.69. The second-order valence-corrected chi connectivity index (χ2v) is 6.86. The van der Waals surface area contributed by atoms with Gasteiger partial charge in [-0.15, -0.1) is 0 Å². The minimum Gasteiger partial charge on any atom is -0.481 e. The lowest BCUT2D eigenvalue weighted by molar-refractivity contribution is -0.208. The van der Waals surface area contributed by atoms with Gasteiger partial charge in [0, 0.05) is 0 Å². The van der Waals surface area contributed by atoms with E-state index in [2.05, 4.69) is 0 Å². The molecule has 0 spiro atoms. The van der Waals surface area contributed by atoms with E-state index in [-0.39, 0.29) is 39.1 Å². The fourth-order valence-corrected chi connectivity index (χ4v) is 3.49. The average Bonchev–Trinajstić information content (AvgIpc) is 3.34. The van der Waals surface area contributed by atoms with Gasteiger partial charge in [0.1, 0.15) is 5.41 Å². The van der Waals surface area contributed by atoms with E-state index in [0.717, 1.165) is 0 Å². The summed E-state index contributed by atoms with van der Waals surface area (Å²) in [7, 11) is 0. The van der Waals surface area contributed by atoms with Gasteiger partial charge in [-0.2, -0.15) is 0 Å². The van der Waals surface area contributed by atoms with Crippen LogP contribution in [0.15, 0.2) is 0 Å². The van der Waals surface area contributed by atoms with E-state index in [4.69, 9.17) is 14.2 Å². The second kappa shape index (κ2) is 6.20. The molecule has 4 N–H and O–H groups in total. The van der Waals surface area contributed by atoms with E-state index in [9.17, 15) is 34.8 Å². The average molecular weight is 360 g/mol. The maximum atomic E-state index is 12.2. The van der Waals surface area contributed by atoms with Gasteiger partial charge in [0.05, 0.1) is 44.1 Å². The Balaban J connectivity index is 2.05. The van der Waals surface area contributed by atoms with Crippen LogP contribution in [0, 0.1) is 11.3 Å². The summed E-state index contributed by atoms with van der Waals surface area (Å²) in [5.41, 5.74) is -5.28. The third-order valence-corrected chi connectivity index (χ3v) is 5.13. The second-order valence-electron chi connectivity index (χ2n) is 6.86. The number of hydrogen-bond donors (Lipinski definition) is 4. The smallest absolute Gasteiger partial charge is 0.337 e. The van der Waals surface area contributed by atoms with Crippen LogP contribution in [0.3, 0.4) is 0 Å². The van der Waals surface area contributed by atoms with E-state index in [1.807, 2.05) is 0 Å². The molecular weight excluding hydrogens is 340 g/mol. The monoisotopic (exact) mass is 360 g/mol. The van der Waals surface area contributed by atoms with Crippen molar-refractivity contribution < 1.29 is 49.0 Å². The van der Waals surface area contributed by atoms with Crippen LogP contribution in [0.2, 0.25) is 0 Å². The zero-order valence-electron chi connectivity index (χ0n) is 13.3. The molecular formula is C15H20O10.